The Morgan fingerprint density at radius 3 is 2.70 bits per heavy atom. The summed E-state index contributed by atoms with van der Waals surface area (Å²) in [7, 11) is 0. The Morgan fingerprint density at radius 2 is 1.95 bits per heavy atom. The van der Waals surface area contributed by atoms with Crippen molar-refractivity contribution in [1.29, 1.82) is 0 Å². The predicted octanol–water partition coefficient (Wildman–Crippen LogP) is 2.04. The normalized spacial score (nSPS) is 10.7. The largest absolute Gasteiger partial charge is 0.347 e. The molecule has 20 heavy (non-hydrogen) atoms. The molecule has 3 rings (SSSR count). The van der Waals surface area contributed by atoms with Crippen LogP contribution >= 0.6 is 15.9 Å². The second-order valence-electron chi connectivity index (χ2n) is 4.14. The molecule has 1 aromatic carbocycles. The third-order valence-electron chi connectivity index (χ3n) is 2.78. The quantitative estimate of drug-likeness (QED) is 0.753. The van der Waals surface area contributed by atoms with Crippen LogP contribution in [0, 0.1) is 0 Å². The molecule has 0 spiro atoms. The lowest BCUT2D eigenvalue weighted by Gasteiger charge is -2.05. The molecule has 0 aliphatic carbocycles. The van der Waals surface area contributed by atoms with E-state index in [2.05, 4.69) is 31.4 Å². The number of amides is 1. The Bertz CT molecular complexity index is 835. The Kier molecular flexibility index (Phi) is 3.11. The Labute approximate surface area is 121 Å². The molecular formula is C13H9BrN4O2. The van der Waals surface area contributed by atoms with Crippen molar-refractivity contribution < 1.29 is 4.79 Å². The molecule has 2 heterocycles. The SMILES string of the molecule is O=C(Nc1ccc(Br)cc1)c1ccc2n[nH]c(=O)n2c1. The lowest BCUT2D eigenvalue weighted by molar-refractivity contribution is 0.102. The standard InChI is InChI=1S/C13H9BrN4O2/c14-9-2-4-10(5-3-9)15-12(19)8-1-6-11-16-17-13(20)18(11)7-8/h1-7H,(H,15,19)(H,17,20). The zero-order valence-corrected chi connectivity index (χ0v) is 11.7. The van der Waals surface area contributed by atoms with E-state index in [1.807, 2.05) is 12.1 Å². The first-order valence-corrected chi connectivity index (χ1v) is 6.56. The minimum absolute atomic E-state index is 0.290. The number of fused-ring (bicyclic) bond motifs is 1. The van der Waals surface area contributed by atoms with Gasteiger partial charge in [0.25, 0.3) is 5.91 Å². The summed E-state index contributed by atoms with van der Waals surface area (Å²) in [5, 5.41) is 8.88. The van der Waals surface area contributed by atoms with E-state index in [9.17, 15) is 9.59 Å². The summed E-state index contributed by atoms with van der Waals surface area (Å²) in [5.41, 5.74) is 1.15. The summed E-state index contributed by atoms with van der Waals surface area (Å²) in [5.74, 6) is -0.290. The van der Waals surface area contributed by atoms with Crippen LogP contribution in [-0.2, 0) is 0 Å². The number of anilines is 1. The number of aromatic nitrogens is 3. The maximum atomic E-state index is 12.1. The third-order valence-corrected chi connectivity index (χ3v) is 3.30. The first kappa shape index (κ1) is 12.6. The number of carbonyl (C=O) groups excluding carboxylic acids is 1. The number of hydrogen-bond donors (Lipinski definition) is 2. The van der Waals surface area contributed by atoms with Crippen molar-refractivity contribution in [3.63, 3.8) is 0 Å². The van der Waals surface area contributed by atoms with Gasteiger partial charge in [0.05, 0.1) is 5.56 Å². The van der Waals surface area contributed by atoms with Crippen LogP contribution in [0.2, 0.25) is 0 Å². The topological polar surface area (TPSA) is 79.3 Å². The Morgan fingerprint density at radius 1 is 1.20 bits per heavy atom. The fourth-order valence-corrected chi connectivity index (χ4v) is 2.04. The lowest BCUT2D eigenvalue weighted by Crippen LogP contribution is -2.15. The zero-order chi connectivity index (χ0) is 14.1. The molecule has 6 nitrogen and oxygen atoms in total. The molecule has 0 atom stereocenters. The molecule has 0 bridgehead atoms. The first-order valence-electron chi connectivity index (χ1n) is 5.77. The number of nitrogens with zero attached hydrogens (tertiary/aromatic N) is 2. The second kappa shape index (κ2) is 4.93. The molecule has 3 aromatic rings. The summed E-state index contributed by atoms with van der Waals surface area (Å²) in [6.45, 7) is 0. The molecule has 0 unspecified atom stereocenters. The molecule has 0 fully saturated rings. The zero-order valence-electron chi connectivity index (χ0n) is 10.1. The van der Waals surface area contributed by atoms with Crippen molar-refractivity contribution in [2.24, 2.45) is 0 Å². The van der Waals surface area contributed by atoms with Gasteiger partial charge < -0.3 is 5.32 Å². The number of rotatable bonds is 2. The summed E-state index contributed by atoms with van der Waals surface area (Å²) >= 11 is 3.33. The van der Waals surface area contributed by atoms with E-state index in [1.165, 1.54) is 10.6 Å². The number of aromatic amines is 1. The van der Waals surface area contributed by atoms with Gasteiger partial charge in [0.1, 0.15) is 0 Å². The molecule has 2 N–H and O–H groups in total. The van der Waals surface area contributed by atoms with Crippen LogP contribution in [0.15, 0.2) is 51.9 Å². The summed E-state index contributed by atoms with van der Waals surface area (Å²) in [6.07, 6.45) is 1.45. The van der Waals surface area contributed by atoms with E-state index in [1.54, 1.807) is 24.3 Å². The fourth-order valence-electron chi connectivity index (χ4n) is 1.78. The maximum Gasteiger partial charge on any atom is 0.347 e. The maximum absolute atomic E-state index is 12.1. The van der Waals surface area contributed by atoms with Crippen LogP contribution in [-0.4, -0.2) is 20.5 Å². The lowest BCUT2D eigenvalue weighted by atomic mass is 10.2. The number of pyridine rings is 1. The molecule has 0 saturated heterocycles. The Balaban J connectivity index is 1.90. The van der Waals surface area contributed by atoms with Gasteiger partial charge >= 0.3 is 5.69 Å². The molecule has 1 amide bonds. The van der Waals surface area contributed by atoms with Gasteiger partial charge in [0.2, 0.25) is 0 Å². The van der Waals surface area contributed by atoms with Crippen LogP contribution in [0.5, 0.6) is 0 Å². The fraction of sp³-hybridized carbons (Fsp3) is 0. The number of hydrogen-bond acceptors (Lipinski definition) is 3. The molecular weight excluding hydrogens is 324 g/mol. The van der Waals surface area contributed by atoms with E-state index in [0.717, 1.165) is 4.47 Å². The monoisotopic (exact) mass is 332 g/mol. The van der Waals surface area contributed by atoms with Gasteiger partial charge in [-0.05, 0) is 36.4 Å². The molecule has 0 radical (unpaired) electrons. The molecule has 0 aliphatic heterocycles. The van der Waals surface area contributed by atoms with Crippen molar-refractivity contribution in [1.82, 2.24) is 14.6 Å². The van der Waals surface area contributed by atoms with E-state index in [-0.39, 0.29) is 11.6 Å². The van der Waals surface area contributed by atoms with Crippen LogP contribution in [0.25, 0.3) is 5.65 Å². The molecule has 0 saturated carbocycles. The molecule has 7 heteroatoms. The minimum atomic E-state index is -0.377. The average molecular weight is 333 g/mol. The Hall–Kier alpha value is -2.41. The van der Waals surface area contributed by atoms with Gasteiger partial charge in [-0.25, -0.2) is 14.3 Å². The highest BCUT2D eigenvalue weighted by atomic mass is 79.9. The molecule has 0 aliphatic rings. The highest BCUT2D eigenvalue weighted by molar-refractivity contribution is 9.10. The van der Waals surface area contributed by atoms with Crippen LogP contribution in [0.1, 0.15) is 10.4 Å². The third kappa shape index (κ3) is 2.35. The van der Waals surface area contributed by atoms with Crippen molar-refractivity contribution in [3.8, 4) is 0 Å². The minimum Gasteiger partial charge on any atom is -0.322 e. The van der Waals surface area contributed by atoms with Crippen LogP contribution < -0.4 is 11.0 Å². The number of carbonyl (C=O) groups is 1. The number of nitrogens with one attached hydrogen (secondary N) is 2. The van der Waals surface area contributed by atoms with Gasteiger partial charge in [-0.3, -0.25) is 4.79 Å². The summed E-state index contributed by atoms with van der Waals surface area (Å²) in [6, 6.07) is 10.5. The highest BCUT2D eigenvalue weighted by Crippen LogP contribution is 2.15. The van der Waals surface area contributed by atoms with Crippen molar-refractivity contribution in [2.45, 2.75) is 0 Å². The molecule has 100 valence electrons. The number of benzene rings is 1. The molecule has 2 aromatic heterocycles. The first-order chi connectivity index (χ1) is 9.63. The number of H-pyrrole nitrogens is 1. The van der Waals surface area contributed by atoms with Gasteiger partial charge in [-0.1, -0.05) is 15.9 Å². The summed E-state index contributed by atoms with van der Waals surface area (Å²) < 4.78 is 2.22. The van der Waals surface area contributed by atoms with Gasteiger partial charge in [0.15, 0.2) is 5.65 Å². The van der Waals surface area contributed by atoms with Gasteiger partial charge in [-0.15, -0.1) is 0 Å². The smallest absolute Gasteiger partial charge is 0.322 e. The number of halogens is 1. The predicted molar refractivity (Wildman–Crippen MR) is 77.9 cm³/mol. The van der Waals surface area contributed by atoms with Crippen molar-refractivity contribution in [3.05, 3.63) is 63.1 Å². The second-order valence-corrected chi connectivity index (χ2v) is 5.05. The van der Waals surface area contributed by atoms with Gasteiger partial charge in [-0.2, -0.15) is 5.10 Å². The van der Waals surface area contributed by atoms with Gasteiger partial charge in [0, 0.05) is 16.4 Å². The summed E-state index contributed by atoms with van der Waals surface area (Å²) in [4.78, 5) is 23.6. The van der Waals surface area contributed by atoms with E-state index >= 15 is 0 Å². The van der Waals surface area contributed by atoms with E-state index in [4.69, 9.17) is 0 Å². The highest BCUT2D eigenvalue weighted by Gasteiger charge is 2.08. The van der Waals surface area contributed by atoms with Crippen molar-refractivity contribution >= 4 is 33.2 Å². The van der Waals surface area contributed by atoms with E-state index < -0.39 is 0 Å². The van der Waals surface area contributed by atoms with Crippen LogP contribution in [0.4, 0.5) is 5.69 Å². The van der Waals surface area contributed by atoms with E-state index in [0.29, 0.717) is 16.9 Å². The average Bonchev–Trinajstić information content (AvgIpc) is 2.82. The van der Waals surface area contributed by atoms with Crippen LogP contribution in [0.3, 0.4) is 0 Å². The van der Waals surface area contributed by atoms with Crippen molar-refractivity contribution in [2.75, 3.05) is 5.32 Å².